The average molecular weight is 283 g/mol. The van der Waals surface area contributed by atoms with Crippen LogP contribution in [-0.2, 0) is 4.79 Å². The van der Waals surface area contributed by atoms with Crippen LogP contribution in [0, 0.1) is 0 Å². The summed E-state index contributed by atoms with van der Waals surface area (Å²) in [6.45, 7) is 10.6. The van der Waals surface area contributed by atoms with E-state index >= 15 is 0 Å². The van der Waals surface area contributed by atoms with E-state index in [2.05, 4.69) is 22.0 Å². The number of hydrogen-bond donors (Lipinski definition) is 2. The highest BCUT2D eigenvalue weighted by Crippen LogP contribution is 2.24. The molecule has 0 saturated carbocycles. The van der Waals surface area contributed by atoms with E-state index in [1.54, 1.807) is 0 Å². The highest BCUT2D eigenvalue weighted by molar-refractivity contribution is 5.73. The predicted octanol–water partition coefficient (Wildman–Crippen LogP) is 0.996. The van der Waals surface area contributed by atoms with Gasteiger partial charge in [0.15, 0.2) is 0 Å². The summed E-state index contributed by atoms with van der Waals surface area (Å²) in [5, 5.41) is 12.4. The summed E-state index contributed by atoms with van der Waals surface area (Å²) < 4.78 is 0. The molecule has 3 atom stereocenters. The molecule has 2 heterocycles. The van der Waals surface area contributed by atoms with Gasteiger partial charge in [0.2, 0.25) is 0 Å². The van der Waals surface area contributed by atoms with Crippen molar-refractivity contribution < 1.29 is 9.90 Å². The van der Waals surface area contributed by atoms with Gasteiger partial charge in [-0.25, -0.2) is 0 Å². The fourth-order valence-electron chi connectivity index (χ4n) is 3.53. The molecule has 2 N–H and O–H groups in total. The number of hydrogen-bond acceptors (Lipinski definition) is 4. The Morgan fingerprint density at radius 1 is 1.40 bits per heavy atom. The minimum atomic E-state index is -0.731. The molecule has 0 aromatic rings. The van der Waals surface area contributed by atoms with Crippen LogP contribution in [-0.4, -0.2) is 71.2 Å². The van der Waals surface area contributed by atoms with Crippen molar-refractivity contribution >= 4 is 5.97 Å². The lowest BCUT2D eigenvalue weighted by atomic mass is 10.1. The molecule has 0 radical (unpaired) electrons. The zero-order valence-electron chi connectivity index (χ0n) is 13.0. The van der Waals surface area contributed by atoms with Crippen molar-refractivity contribution in [1.82, 2.24) is 15.1 Å². The van der Waals surface area contributed by atoms with E-state index in [-0.39, 0.29) is 6.04 Å². The van der Waals surface area contributed by atoms with Gasteiger partial charge in [0.05, 0.1) is 0 Å². The Labute approximate surface area is 122 Å². The Bertz CT molecular complexity index is 335. The van der Waals surface area contributed by atoms with Gasteiger partial charge in [0, 0.05) is 37.8 Å². The van der Waals surface area contributed by atoms with Gasteiger partial charge in [-0.2, -0.15) is 0 Å². The third-order valence-electron chi connectivity index (χ3n) is 4.60. The van der Waals surface area contributed by atoms with Gasteiger partial charge in [-0.1, -0.05) is 13.8 Å². The number of piperazine rings is 1. The predicted molar refractivity (Wildman–Crippen MR) is 79.9 cm³/mol. The molecule has 0 spiro atoms. The smallest absolute Gasteiger partial charge is 0.320 e. The molecule has 116 valence electrons. The number of nitrogens with one attached hydrogen (secondary N) is 1. The first-order chi connectivity index (χ1) is 9.47. The molecule has 2 saturated heterocycles. The molecular weight excluding hydrogens is 254 g/mol. The van der Waals surface area contributed by atoms with Gasteiger partial charge < -0.3 is 10.4 Å². The van der Waals surface area contributed by atoms with Crippen molar-refractivity contribution in [3.63, 3.8) is 0 Å². The summed E-state index contributed by atoms with van der Waals surface area (Å²) in [6.07, 6.45) is 3.30. The molecule has 0 bridgehead atoms. The summed E-state index contributed by atoms with van der Waals surface area (Å²) in [5.74, 6) is -0.731. The molecule has 2 aliphatic rings. The van der Waals surface area contributed by atoms with E-state index in [0.29, 0.717) is 18.5 Å². The SMILES string of the molecule is CC(C)NC(CCN1CC2CCCN2CC1C)C(=O)O. The van der Waals surface area contributed by atoms with Crippen LogP contribution in [0.3, 0.4) is 0 Å². The third kappa shape index (κ3) is 3.93. The minimum Gasteiger partial charge on any atom is -0.480 e. The first kappa shape index (κ1) is 15.7. The second-order valence-corrected chi connectivity index (χ2v) is 6.64. The summed E-state index contributed by atoms with van der Waals surface area (Å²) >= 11 is 0. The van der Waals surface area contributed by atoms with Gasteiger partial charge in [-0.15, -0.1) is 0 Å². The van der Waals surface area contributed by atoms with Crippen molar-refractivity contribution in [2.75, 3.05) is 26.2 Å². The maximum absolute atomic E-state index is 11.3. The van der Waals surface area contributed by atoms with Crippen LogP contribution >= 0.6 is 0 Å². The Hall–Kier alpha value is -0.650. The Kier molecular flexibility index (Phi) is 5.41. The number of rotatable bonds is 6. The average Bonchev–Trinajstić information content (AvgIpc) is 2.80. The first-order valence-electron chi connectivity index (χ1n) is 7.94. The Morgan fingerprint density at radius 3 is 2.80 bits per heavy atom. The molecule has 3 unspecified atom stereocenters. The van der Waals surface area contributed by atoms with Crippen LogP contribution < -0.4 is 5.32 Å². The highest BCUT2D eigenvalue weighted by Gasteiger charge is 2.34. The molecule has 2 rings (SSSR count). The van der Waals surface area contributed by atoms with Crippen LogP contribution in [0.25, 0.3) is 0 Å². The van der Waals surface area contributed by atoms with Crippen molar-refractivity contribution in [3.8, 4) is 0 Å². The second kappa shape index (κ2) is 6.87. The molecule has 5 heteroatoms. The summed E-state index contributed by atoms with van der Waals surface area (Å²) in [4.78, 5) is 16.4. The third-order valence-corrected chi connectivity index (χ3v) is 4.60. The van der Waals surface area contributed by atoms with E-state index in [1.807, 2.05) is 13.8 Å². The normalized spacial score (nSPS) is 29.6. The zero-order chi connectivity index (χ0) is 14.7. The first-order valence-corrected chi connectivity index (χ1v) is 7.94. The van der Waals surface area contributed by atoms with E-state index in [1.165, 1.54) is 19.4 Å². The van der Waals surface area contributed by atoms with Crippen LogP contribution in [0.5, 0.6) is 0 Å². The van der Waals surface area contributed by atoms with Crippen LogP contribution in [0.1, 0.15) is 40.0 Å². The van der Waals surface area contributed by atoms with E-state index < -0.39 is 12.0 Å². The molecule has 5 nitrogen and oxygen atoms in total. The van der Waals surface area contributed by atoms with Gasteiger partial charge in [-0.05, 0) is 32.7 Å². The van der Waals surface area contributed by atoms with E-state index in [9.17, 15) is 9.90 Å². The van der Waals surface area contributed by atoms with Gasteiger partial charge in [0.1, 0.15) is 6.04 Å². The Balaban J connectivity index is 1.83. The monoisotopic (exact) mass is 283 g/mol. The fraction of sp³-hybridized carbons (Fsp3) is 0.933. The van der Waals surface area contributed by atoms with E-state index in [0.717, 1.165) is 19.6 Å². The van der Waals surface area contributed by atoms with Crippen molar-refractivity contribution in [3.05, 3.63) is 0 Å². The lowest BCUT2D eigenvalue weighted by Gasteiger charge is -2.42. The molecule has 2 aliphatic heterocycles. The maximum Gasteiger partial charge on any atom is 0.320 e. The zero-order valence-corrected chi connectivity index (χ0v) is 13.0. The minimum absolute atomic E-state index is 0.209. The standard InChI is InChI=1S/C15H29N3O2/c1-11(2)16-14(15(19)20)6-8-17-10-13-5-4-7-18(13)9-12(17)3/h11-14,16H,4-10H2,1-3H3,(H,19,20). The van der Waals surface area contributed by atoms with Gasteiger partial charge >= 0.3 is 5.97 Å². The lowest BCUT2D eigenvalue weighted by Crippen LogP contribution is -2.55. The Morgan fingerprint density at radius 2 is 2.15 bits per heavy atom. The summed E-state index contributed by atoms with van der Waals surface area (Å²) in [5.41, 5.74) is 0. The summed E-state index contributed by atoms with van der Waals surface area (Å²) in [7, 11) is 0. The second-order valence-electron chi connectivity index (χ2n) is 6.64. The molecule has 0 aliphatic carbocycles. The van der Waals surface area contributed by atoms with Crippen LogP contribution in [0.2, 0.25) is 0 Å². The quantitative estimate of drug-likeness (QED) is 0.761. The summed E-state index contributed by atoms with van der Waals surface area (Å²) in [6, 6.07) is 1.02. The number of aliphatic carboxylic acids is 1. The number of nitrogens with zero attached hydrogens (tertiary/aromatic N) is 2. The molecule has 0 aromatic carbocycles. The molecular formula is C15H29N3O2. The van der Waals surface area contributed by atoms with Crippen molar-refractivity contribution in [1.29, 1.82) is 0 Å². The number of fused-ring (bicyclic) bond motifs is 1. The number of carbonyl (C=O) groups is 1. The molecule has 0 aromatic heterocycles. The van der Waals surface area contributed by atoms with Gasteiger partial charge in [0.25, 0.3) is 0 Å². The van der Waals surface area contributed by atoms with Gasteiger partial charge in [-0.3, -0.25) is 14.6 Å². The topological polar surface area (TPSA) is 55.8 Å². The van der Waals surface area contributed by atoms with Crippen molar-refractivity contribution in [2.24, 2.45) is 0 Å². The molecule has 0 amide bonds. The number of carboxylic acids is 1. The fourth-order valence-corrected chi connectivity index (χ4v) is 3.53. The highest BCUT2D eigenvalue weighted by atomic mass is 16.4. The largest absolute Gasteiger partial charge is 0.480 e. The van der Waals surface area contributed by atoms with E-state index in [4.69, 9.17) is 0 Å². The molecule has 2 fully saturated rings. The maximum atomic E-state index is 11.3. The number of carboxylic acid groups (broad SMARTS) is 1. The lowest BCUT2D eigenvalue weighted by molar-refractivity contribution is -0.140. The van der Waals surface area contributed by atoms with Crippen LogP contribution in [0.15, 0.2) is 0 Å². The van der Waals surface area contributed by atoms with Crippen molar-refractivity contribution in [2.45, 2.75) is 64.2 Å². The molecule has 20 heavy (non-hydrogen) atoms. The van der Waals surface area contributed by atoms with Crippen LogP contribution in [0.4, 0.5) is 0 Å².